The summed E-state index contributed by atoms with van der Waals surface area (Å²) in [5.41, 5.74) is 2.49. The first-order valence-corrected chi connectivity index (χ1v) is 6.62. The van der Waals surface area contributed by atoms with Crippen LogP contribution in [0.15, 0.2) is 24.3 Å². The van der Waals surface area contributed by atoms with Gasteiger partial charge in [-0.1, -0.05) is 30.2 Å². The maximum absolute atomic E-state index is 12.1. The molecule has 0 saturated carbocycles. The Labute approximate surface area is 114 Å². The summed E-state index contributed by atoms with van der Waals surface area (Å²) in [6.45, 7) is 3.97. The average Bonchev–Trinajstić information content (AvgIpc) is 2.78. The first-order chi connectivity index (χ1) is 9.13. The molecule has 0 aromatic heterocycles. The number of nitrogens with zero attached hydrogens (tertiary/aromatic N) is 1. The van der Waals surface area contributed by atoms with Crippen LogP contribution in [0, 0.1) is 12.3 Å². The molecule has 3 heteroatoms. The van der Waals surface area contributed by atoms with Crippen LogP contribution in [0.3, 0.4) is 0 Å². The number of aryl methyl sites for hydroxylation is 1. The fourth-order valence-corrected chi connectivity index (χ4v) is 2.53. The van der Waals surface area contributed by atoms with Crippen LogP contribution in [-0.4, -0.2) is 23.6 Å². The molecule has 0 fully saturated rings. The molecule has 100 valence electrons. The summed E-state index contributed by atoms with van der Waals surface area (Å²) in [5, 5.41) is 0. The summed E-state index contributed by atoms with van der Waals surface area (Å²) in [5.74, 6) is 2.55. The van der Waals surface area contributed by atoms with E-state index in [0.29, 0.717) is 0 Å². The molecule has 1 amide bonds. The minimum Gasteiger partial charge on any atom is -0.447 e. The number of fused-ring (bicyclic) bond motifs is 1. The van der Waals surface area contributed by atoms with Crippen molar-refractivity contribution in [3.63, 3.8) is 0 Å². The van der Waals surface area contributed by atoms with Crippen LogP contribution in [0.2, 0.25) is 0 Å². The van der Waals surface area contributed by atoms with Crippen LogP contribution < -0.4 is 0 Å². The third-order valence-corrected chi connectivity index (χ3v) is 3.31. The lowest BCUT2D eigenvalue weighted by Gasteiger charge is -2.28. The third kappa shape index (κ3) is 2.90. The van der Waals surface area contributed by atoms with Crippen molar-refractivity contribution in [1.82, 2.24) is 4.90 Å². The van der Waals surface area contributed by atoms with E-state index in [0.717, 1.165) is 12.8 Å². The highest BCUT2D eigenvalue weighted by atomic mass is 16.6. The van der Waals surface area contributed by atoms with Crippen molar-refractivity contribution in [1.29, 1.82) is 0 Å². The number of terminal acetylenes is 1. The number of carbonyl (C=O) groups excluding carboxylic acids is 1. The van der Waals surface area contributed by atoms with Crippen molar-refractivity contribution in [3.8, 4) is 12.3 Å². The molecule has 1 aromatic rings. The molecule has 2 rings (SSSR count). The van der Waals surface area contributed by atoms with Crippen LogP contribution in [0.4, 0.5) is 4.79 Å². The number of hydrogen-bond donors (Lipinski definition) is 0. The average molecular weight is 257 g/mol. The number of benzene rings is 1. The SMILES string of the molecule is C#CCN(C(=O)OC(C)C)[C@@H]1CCc2ccccc21. The molecule has 19 heavy (non-hydrogen) atoms. The Bertz CT molecular complexity index is 502. The van der Waals surface area contributed by atoms with Crippen molar-refractivity contribution >= 4 is 6.09 Å². The Balaban J connectivity index is 2.22. The minimum absolute atomic E-state index is 0.0403. The van der Waals surface area contributed by atoms with Crippen molar-refractivity contribution in [3.05, 3.63) is 35.4 Å². The van der Waals surface area contributed by atoms with E-state index < -0.39 is 0 Å². The summed E-state index contributed by atoms with van der Waals surface area (Å²) >= 11 is 0. The number of ether oxygens (including phenoxy) is 1. The third-order valence-electron chi connectivity index (χ3n) is 3.31. The predicted molar refractivity (Wildman–Crippen MR) is 74.7 cm³/mol. The van der Waals surface area contributed by atoms with Gasteiger partial charge in [0.25, 0.3) is 0 Å². The Hall–Kier alpha value is -1.95. The fraction of sp³-hybridized carbons (Fsp3) is 0.438. The van der Waals surface area contributed by atoms with E-state index in [-0.39, 0.29) is 24.8 Å². The van der Waals surface area contributed by atoms with Gasteiger partial charge in [0, 0.05) is 0 Å². The number of carbonyl (C=O) groups is 1. The highest BCUT2D eigenvalue weighted by Crippen LogP contribution is 2.35. The molecule has 1 aliphatic carbocycles. The van der Waals surface area contributed by atoms with Gasteiger partial charge >= 0.3 is 6.09 Å². The standard InChI is InChI=1S/C16H19NO2/c1-4-11-17(16(18)19-12(2)3)15-10-9-13-7-5-6-8-14(13)15/h1,5-8,12,15H,9-11H2,2-3H3/t15-/m1/s1. The number of amides is 1. The van der Waals surface area contributed by atoms with Crippen LogP contribution in [-0.2, 0) is 11.2 Å². The fourth-order valence-electron chi connectivity index (χ4n) is 2.53. The van der Waals surface area contributed by atoms with Crippen molar-refractivity contribution in [2.75, 3.05) is 6.54 Å². The summed E-state index contributed by atoms with van der Waals surface area (Å²) in [6, 6.07) is 8.24. The molecule has 1 aromatic carbocycles. The van der Waals surface area contributed by atoms with Gasteiger partial charge in [-0.15, -0.1) is 6.42 Å². The second kappa shape index (κ2) is 5.79. The molecule has 1 aliphatic rings. The summed E-state index contributed by atoms with van der Waals surface area (Å²) in [4.78, 5) is 13.8. The Morgan fingerprint density at radius 1 is 1.53 bits per heavy atom. The number of rotatable bonds is 3. The molecule has 3 nitrogen and oxygen atoms in total. The Morgan fingerprint density at radius 3 is 2.95 bits per heavy atom. The molecule has 1 atom stereocenters. The van der Waals surface area contributed by atoms with Crippen LogP contribution in [0.1, 0.15) is 37.4 Å². The van der Waals surface area contributed by atoms with Gasteiger partial charge < -0.3 is 4.74 Å². The van der Waals surface area contributed by atoms with Gasteiger partial charge in [0.2, 0.25) is 0 Å². The Morgan fingerprint density at radius 2 is 2.26 bits per heavy atom. The van der Waals surface area contributed by atoms with Crippen LogP contribution in [0.25, 0.3) is 0 Å². The monoisotopic (exact) mass is 257 g/mol. The Kier molecular flexibility index (Phi) is 4.11. The largest absolute Gasteiger partial charge is 0.447 e. The summed E-state index contributed by atoms with van der Waals surface area (Å²) in [6.07, 6.45) is 6.82. The van der Waals surface area contributed by atoms with Crippen molar-refractivity contribution < 1.29 is 9.53 Å². The van der Waals surface area contributed by atoms with E-state index in [9.17, 15) is 4.79 Å². The minimum atomic E-state index is -0.324. The lowest BCUT2D eigenvalue weighted by molar-refractivity contribution is 0.0678. The molecule has 0 radical (unpaired) electrons. The van der Waals surface area contributed by atoms with Gasteiger partial charge in [-0.25, -0.2) is 4.79 Å². The highest BCUT2D eigenvalue weighted by molar-refractivity contribution is 5.69. The lowest BCUT2D eigenvalue weighted by Crippen LogP contribution is -2.36. The topological polar surface area (TPSA) is 29.5 Å². The smallest absolute Gasteiger partial charge is 0.411 e. The van der Waals surface area contributed by atoms with Crippen molar-refractivity contribution in [2.24, 2.45) is 0 Å². The highest BCUT2D eigenvalue weighted by Gasteiger charge is 2.31. The number of hydrogen-bond acceptors (Lipinski definition) is 2. The van der Waals surface area contributed by atoms with E-state index in [4.69, 9.17) is 11.2 Å². The van der Waals surface area contributed by atoms with E-state index in [2.05, 4.69) is 18.1 Å². The van der Waals surface area contributed by atoms with Gasteiger partial charge in [0.05, 0.1) is 18.7 Å². The molecular weight excluding hydrogens is 238 g/mol. The van der Waals surface area contributed by atoms with Gasteiger partial charge in [0.1, 0.15) is 0 Å². The van der Waals surface area contributed by atoms with Crippen molar-refractivity contribution in [2.45, 2.75) is 38.8 Å². The van der Waals surface area contributed by atoms with Gasteiger partial charge in [-0.2, -0.15) is 0 Å². The maximum atomic E-state index is 12.1. The van der Waals surface area contributed by atoms with E-state index in [1.807, 2.05) is 26.0 Å². The van der Waals surface area contributed by atoms with Crippen LogP contribution >= 0.6 is 0 Å². The van der Waals surface area contributed by atoms with E-state index >= 15 is 0 Å². The molecule has 0 aliphatic heterocycles. The predicted octanol–water partition coefficient (Wildman–Crippen LogP) is 3.15. The zero-order valence-corrected chi connectivity index (χ0v) is 11.4. The zero-order chi connectivity index (χ0) is 13.8. The normalized spacial score (nSPS) is 16.8. The van der Waals surface area contributed by atoms with Gasteiger partial charge in [-0.3, -0.25) is 4.90 Å². The molecule has 0 bridgehead atoms. The first kappa shape index (κ1) is 13.5. The molecule has 0 spiro atoms. The lowest BCUT2D eigenvalue weighted by atomic mass is 10.1. The van der Waals surface area contributed by atoms with Gasteiger partial charge in [-0.05, 0) is 37.8 Å². The zero-order valence-electron chi connectivity index (χ0n) is 11.4. The van der Waals surface area contributed by atoms with Gasteiger partial charge in [0.15, 0.2) is 0 Å². The summed E-state index contributed by atoms with van der Waals surface area (Å²) in [7, 11) is 0. The molecule has 0 unspecified atom stereocenters. The van der Waals surface area contributed by atoms with E-state index in [1.54, 1.807) is 4.90 Å². The second-order valence-electron chi connectivity index (χ2n) is 5.02. The molecule has 0 heterocycles. The molecular formula is C16H19NO2. The molecule has 0 N–H and O–H groups in total. The van der Waals surface area contributed by atoms with Crippen LogP contribution in [0.5, 0.6) is 0 Å². The van der Waals surface area contributed by atoms with E-state index in [1.165, 1.54) is 11.1 Å². The quantitative estimate of drug-likeness (QED) is 0.778. The second-order valence-corrected chi connectivity index (χ2v) is 5.02. The maximum Gasteiger partial charge on any atom is 0.411 e. The molecule has 0 saturated heterocycles. The first-order valence-electron chi connectivity index (χ1n) is 6.62. The summed E-state index contributed by atoms with van der Waals surface area (Å²) < 4.78 is 5.28.